The van der Waals surface area contributed by atoms with E-state index in [-0.39, 0.29) is 0 Å². The fourth-order valence-electron chi connectivity index (χ4n) is 4.26. The summed E-state index contributed by atoms with van der Waals surface area (Å²) in [6, 6.07) is 8.74. The Bertz CT molecular complexity index is 462. The maximum Gasteiger partial charge on any atom is 0.119 e. The zero-order valence-electron chi connectivity index (χ0n) is 13.1. The molecule has 0 spiro atoms. The molecule has 0 radical (unpaired) electrons. The van der Waals surface area contributed by atoms with Crippen molar-refractivity contribution in [3.63, 3.8) is 0 Å². The van der Waals surface area contributed by atoms with Gasteiger partial charge in [0.25, 0.3) is 0 Å². The molecule has 2 fully saturated rings. The number of likely N-dealkylation sites (tertiary alicyclic amines) is 1. The van der Waals surface area contributed by atoms with Gasteiger partial charge in [0, 0.05) is 19.1 Å². The zero-order chi connectivity index (χ0) is 14.7. The minimum absolute atomic E-state index is 0.336. The number of hydrogen-bond acceptors (Lipinski definition) is 3. The van der Waals surface area contributed by atoms with Crippen molar-refractivity contribution in [1.29, 1.82) is 0 Å². The van der Waals surface area contributed by atoms with Crippen LogP contribution in [0, 0.1) is 11.8 Å². The van der Waals surface area contributed by atoms with Gasteiger partial charge in [-0.15, -0.1) is 0 Å². The van der Waals surface area contributed by atoms with Gasteiger partial charge in [0.15, 0.2) is 0 Å². The molecule has 3 nitrogen and oxygen atoms in total. The van der Waals surface area contributed by atoms with Crippen molar-refractivity contribution < 1.29 is 4.74 Å². The first-order valence-electron chi connectivity index (χ1n) is 8.40. The highest BCUT2D eigenvalue weighted by molar-refractivity contribution is 5.31. The first-order valence-corrected chi connectivity index (χ1v) is 8.40. The molecule has 1 saturated heterocycles. The Hall–Kier alpha value is -1.06. The lowest BCUT2D eigenvalue weighted by Gasteiger charge is -2.44. The summed E-state index contributed by atoms with van der Waals surface area (Å²) in [5, 5.41) is 0. The van der Waals surface area contributed by atoms with Crippen LogP contribution in [-0.4, -0.2) is 31.6 Å². The molecule has 3 heteroatoms. The third-order valence-corrected chi connectivity index (χ3v) is 5.47. The number of hydrogen-bond donors (Lipinski definition) is 1. The lowest BCUT2D eigenvalue weighted by Crippen LogP contribution is -2.45. The van der Waals surface area contributed by atoms with Crippen LogP contribution >= 0.6 is 0 Å². The van der Waals surface area contributed by atoms with Crippen LogP contribution in [0.15, 0.2) is 24.3 Å². The highest BCUT2D eigenvalue weighted by Gasteiger charge is 2.33. The normalized spacial score (nSPS) is 27.9. The molecule has 0 aromatic heterocycles. The zero-order valence-corrected chi connectivity index (χ0v) is 13.1. The third kappa shape index (κ3) is 3.24. The quantitative estimate of drug-likeness (QED) is 0.924. The molecule has 0 bridgehead atoms. The number of nitrogens with two attached hydrogens (primary N) is 1. The number of piperidine rings is 1. The minimum Gasteiger partial charge on any atom is -0.497 e. The van der Waals surface area contributed by atoms with Gasteiger partial charge in [-0.3, -0.25) is 4.90 Å². The molecule has 1 saturated carbocycles. The largest absolute Gasteiger partial charge is 0.497 e. The third-order valence-electron chi connectivity index (χ3n) is 5.47. The van der Waals surface area contributed by atoms with E-state index >= 15 is 0 Å². The summed E-state index contributed by atoms with van der Waals surface area (Å²) in [5.41, 5.74) is 7.41. The van der Waals surface area contributed by atoms with Crippen molar-refractivity contribution >= 4 is 0 Å². The van der Waals surface area contributed by atoms with Crippen LogP contribution in [0.3, 0.4) is 0 Å². The highest BCUT2D eigenvalue weighted by Crippen LogP contribution is 2.38. The summed E-state index contributed by atoms with van der Waals surface area (Å²) in [4.78, 5) is 2.61. The number of ether oxygens (including phenoxy) is 1. The SMILES string of the molecule is COc1cccc(C(CN)N2CCC3CCCCC3C2)c1. The van der Waals surface area contributed by atoms with Crippen molar-refractivity contribution in [2.75, 3.05) is 26.7 Å². The van der Waals surface area contributed by atoms with Crippen LogP contribution in [-0.2, 0) is 0 Å². The van der Waals surface area contributed by atoms with Gasteiger partial charge in [0.2, 0.25) is 0 Å². The summed E-state index contributed by atoms with van der Waals surface area (Å²) in [7, 11) is 1.73. The van der Waals surface area contributed by atoms with E-state index in [0.717, 1.165) is 17.6 Å². The van der Waals surface area contributed by atoms with E-state index in [0.29, 0.717) is 12.6 Å². The molecule has 1 aliphatic heterocycles. The van der Waals surface area contributed by atoms with E-state index in [1.165, 1.54) is 50.8 Å². The van der Waals surface area contributed by atoms with Crippen LogP contribution < -0.4 is 10.5 Å². The monoisotopic (exact) mass is 288 g/mol. The standard InChI is InChI=1S/C18H28N2O/c1-21-17-8-4-7-15(11-17)18(12-19)20-10-9-14-5-2-3-6-16(14)13-20/h4,7-8,11,14,16,18H,2-3,5-6,9-10,12-13,19H2,1H3. The lowest BCUT2D eigenvalue weighted by molar-refractivity contribution is 0.0586. The average molecular weight is 288 g/mol. The number of fused-ring (bicyclic) bond motifs is 1. The van der Waals surface area contributed by atoms with E-state index in [1.807, 2.05) is 6.07 Å². The molecule has 2 N–H and O–H groups in total. The summed E-state index contributed by atoms with van der Waals surface area (Å²) < 4.78 is 5.36. The fourth-order valence-corrected chi connectivity index (χ4v) is 4.26. The van der Waals surface area contributed by atoms with Crippen molar-refractivity contribution in [3.05, 3.63) is 29.8 Å². The molecular weight excluding hydrogens is 260 g/mol. The first-order chi connectivity index (χ1) is 10.3. The smallest absolute Gasteiger partial charge is 0.119 e. The molecule has 1 heterocycles. The summed E-state index contributed by atoms with van der Waals surface area (Å²) in [5.74, 6) is 2.80. The van der Waals surface area contributed by atoms with Gasteiger partial charge in [-0.05, 0) is 48.9 Å². The van der Waals surface area contributed by atoms with E-state index in [4.69, 9.17) is 10.5 Å². The van der Waals surface area contributed by atoms with Gasteiger partial charge in [-0.1, -0.05) is 31.4 Å². The lowest BCUT2D eigenvalue weighted by atomic mass is 9.74. The van der Waals surface area contributed by atoms with Crippen LogP contribution in [0.25, 0.3) is 0 Å². The van der Waals surface area contributed by atoms with E-state index in [1.54, 1.807) is 7.11 Å². The molecule has 1 aromatic rings. The predicted molar refractivity (Wildman–Crippen MR) is 86.4 cm³/mol. The molecule has 3 rings (SSSR count). The predicted octanol–water partition coefficient (Wildman–Crippen LogP) is 3.21. The Balaban J connectivity index is 1.73. The number of benzene rings is 1. The Labute approximate surface area is 128 Å². The molecule has 116 valence electrons. The second kappa shape index (κ2) is 6.80. The number of rotatable bonds is 4. The topological polar surface area (TPSA) is 38.5 Å². The molecule has 2 aliphatic rings. The number of methoxy groups -OCH3 is 1. The number of nitrogens with zero attached hydrogens (tertiary/aromatic N) is 1. The van der Waals surface area contributed by atoms with Crippen LogP contribution in [0.1, 0.15) is 43.7 Å². The van der Waals surface area contributed by atoms with E-state index in [9.17, 15) is 0 Å². The molecular formula is C18H28N2O. The molecule has 1 aromatic carbocycles. The van der Waals surface area contributed by atoms with E-state index in [2.05, 4.69) is 23.1 Å². The van der Waals surface area contributed by atoms with E-state index < -0.39 is 0 Å². The maximum absolute atomic E-state index is 6.11. The summed E-state index contributed by atoms with van der Waals surface area (Å²) in [6.45, 7) is 3.11. The average Bonchev–Trinajstić information content (AvgIpc) is 2.56. The van der Waals surface area contributed by atoms with Crippen LogP contribution in [0.5, 0.6) is 5.75 Å². The van der Waals surface area contributed by atoms with Gasteiger partial charge in [-0.25, -0.2) is 0 Å². The van der Waals surface area contributed by atoms with Crippen molar-refractivity contribution in [2.45, 2.75) is 38.1 Å². The molecule has 21 heavy (non-hydrogen) atoms. The maximum atomic E-state index is 6.11. The van der Waals surface area contributed by atoms with Crippen LogP contribution in [0.2, 0.25) is 0 Å². The Morgan fingerprint density at radius 2 is 2.05 bits per heavy atom. The molecule has 0 amide bonds. The van der Waals surface area contributed by atoms with Crippen molar-refractivity contribution in [2.24, 2.45) is 17.6 Å². The van der Waals surface area contributed by atoms with Gasteiger partial charge in [-0.2, -0.15) is 0 Å². The molecule has 1 aliphatic carbocycles. The fraction of sp³-hybridized carbons (Fsp3) is 0.667. The summed E-state index contributed by atoms with van der Waals surface area (Å²) >= 11 is 0. The minimum atomic E-state index is 0.336. The molecule has 3 atom stereocenters. The summed E-state index contributed by atoms with van der Waals surface area (Å²) in [6.07, 6.45) is 7.07. The van der Waals surface area contributed by atoms with Gasteiger partial charge in [0.05, 0.1) is 7.11 Å². The molecule has 3 unspecified atom stereocenters. The Morgan fingerprint density at radius 1 is 1.24 bits per heavy atom. The highest BCUT2D eigenvalue weighted by atomic mass is 16.5. The van der Waals surface area contributed by atoms with Gasteiger partial charge >= 0.3 is 0 Å². The first kappa shape index (κ1) is 14.9. The van der Waals surface area contributed by atoms with Gasteiger partial charge < -0.3 is 10.5 Å². The Kier molecular flexibility index (Phi) is 4.81. The van der Waals surface area contributed by atoms with Crippen LogP contribution in [0.4, 0.5) is 0 Å². The second-order valence-electron chi connectivity index (χ2n) is 6.62. The van der Waals surface area contributed by atoms with Crippen molar-refractivity contribution in [1.82, 2.24) is 4.90 Å². The second-order valence-corrected chi connectivity index (χ2v) is 6.62. The Morgan fingerprint density at radius 3 is 2.81 bits per heavy atom. The van der Waals surface area contributed by atoms with Crippen molar-refractivity contribution in [3.8, 4) is 5.75 Å². The van der Waals surface area contributed by atoms with Gasteiger partial charge in [0.1, 0.15) is 5.75 Å².